The summed E-state index contributed by atoms with van der Waals surface area (Å²) < 4.78 is 4.71. The fourth-order valence-corrected chi connectivity index (χ4v) is 2.26. The van der Waals surface area contributed by atoms with E-state index in [0.29, 0.717) is 5.57 Å². The lowest BCUT2D eigenvalue weighted by Crippen LogP contribution is -2.24. The monoisotopic (exact) mass is 182 g/mol. The van der Waals surface area contributed by atoms with Crippen molar-refractivity contribution in [2.75, 3.05) is 7.11 Å². The number of esters is 1. The van der Waals surface area contributed by atoms with Crippen molar-refractivity contribution in [1.29, 1.82) is 0 Å². The summed E-state index contributed by atoms with van der Waals surface area (Å²) in [4.78, 5) is 11.3. The number of hydrogen-bond donors (Lipinski definition) is 0. The first-order valence-corrected chi connectivity index (χ1v) is 4.94. The molecule has 1 rings (SSSR count). The molecule has 74 valence electrons. The second-order valence-corrected chi connectivity index (χ2v) is 3.81. The smallest absolute Gasteiger partial charge is 0.333 e. The Kier molecular flexibility index (Phi) is 3.12. The van der Waals surface area contributed by atoms with Gasteiger partial charge in [-0.05, 0) is 19.3 Å². The molecule has 0 aromatic rings. The maximum absolute atomic E-state index is 11.3. The third kappa shape index (κ3) is 1.77. The number of carbonyl (C=O) groups excluding carboxylic acids is 1. The Labute approximate surface area is 80.0 Å². The molecule has 1 saturated carbocycles. The van der Waals surface area contributed by atoms with Crippen molar-refractivity contribution >= 4 is 5.97 Å². The van der Waals surface area contributed by atoms with Gasteiger partial charge in [-0.1, -0.05) is 26.3 Å². The lowest BCUT2D eigenvalue weighted by molar-refractivity contribution is -0.137. The zero-order chi connectivity index (χ0) is 9.90. The molecule has 2 nitrogen and oxygen atoms in total. The van der Waals surface area contributed by atoms with Crippen LogP contribution in [-0.4, -0.2) is 13.1 Å². The van der Waals surface area contributed by atoms with Crippen LogP contribution in [0.15, 0.2) is 12.2 Å². The standard InChI is InChI=1S/C11H18O2/c1-4-11(7-5-6-8-11)9(2)10(12)13-3/h2,4-8H2,1,3H3. The number of ether oxygens (including phenoxy) is 1. The Morgan fingerprint density at radius 2 is 2.00 bits per heavy atom. The Balaban J connectivity index is 2.76. The third-order valence-corrected chi connectivity index (χ3v) is 3.31. The second kappa shape index (κ2) is 3.95. The highest BCUT2D eigenvalue weighted by molar-refractivity contribution is 5.89. The van der Waals surface area contributed by atoms with Crippen LogP contribution in [0.1, 0.15) is 39.0 Å². The zero-order valence-corrected chi connectivity index (χ0v) is 8.56. The summed E-state index contributed by atoms with van der Waals surface area (Å²) in [5.74, 6) is -0.233. The number of hydrogen-bond acceptors (Lipinski definition) is 2. The minimum Gasteiger partial charge on any atom is -0.466 e. The van der Waals surface area contributed by atoms with Gasteiger partial charge < -0.3 is 4.74 Å². The fraction of sp³-hybridized carbons (Fsp3) is 0.727. The minimum absolute atomic E-state index is 0.0487. The van der Waals surface area contributed by atoms with Gasteiger partial charge in [0.2, 0.25) is 0 Å². The van der Waals surface area contributed by atoms with Crippen LogP contribution in [0.5, 0.6) is 0 Å². The number of carbonyl (C=O) groups is 1. The first-order valence-electron chi connectivity index (χ1n) is 4.94. The SMILES string of the molecule is C=C(C(=O)OC)C1(CC)CCCC1. The van der Waals surface area contributed by atoms with Gasteiger partial charge in [0.1, 0.15) is 0 Å². The van der Waals surface area contributed by atoms with Crippen LogP contribution in [0, 0.1) is 5.41 Å². The Morgan fingerprint density at radius 1 is 1.46 bits per heavy atom. The summed E-state index contributed by atoms with van der Waals surface area (Å²) in [6.45, 7) is 6.00. The number of methoxy groups -OCH3 is 1. The first-order chi connectivity index (χ1) is 6.16. The van der Waals surface area contributed by atoms with Crippen molar-refractivity contribution in [1.82, 2.24) is 0 Å². The molecule has 0 radical (unpaired) electrons. The Hall–Kier alpha value is -0.790. The van der Waals surface area contributed by atoms with Crippen molar-refractivity contribution < 1.29 is 9.53 Å². The lowest BCUT2D eigenvalue weighted by atomic mass is 9.77. The van der Waals surface area contributed by atoms with Gasteiger partial charge in [-0.15, -0.1) is 0 Å². The van der Waals surface area contributed by atoms with Gasteiger partial charge in [-0.25, -0.2) is 4.79 Å². The molecule has 0 amide bonds. The van der Waals surface area contributed by atoms with E-state index in [1.165, 1.54) is 20.0 Å². The van der Waals surface area contributed by atoms with Gasteiger partial charge in [-0.2, -0.15) is 0 Å². The number of rotatable bonds is 3. The average Bonchev–Trinajstić information content (AvgIpc) is 2.65. The van der Waals surface area contributed by atoms with Gasteiger partial charge in [0.15, 0.2) is 0 Å². The predicted octanol–water partition coefficient (Wildman–Crippen LogP) is 2.69. The van der Waals surface area contributed by atoms with Gasteiger partial charge in [0.25, 0.3) is 0 Å². The van der Waals surface area contributed by atoms with Crippen LogP contribution in [0.2, 0.25) is 0 Å². The first kappa shape index (κ1) is 10.3. The molecular formula is C11H18O2. The highest BCUT2D eigenvalue weighted by Gasteiger charge is 2.38. The molecule has 13 heavy (non-hydrogen) atoms. The molecular weight excluding hydrogens is 164 g/mol. The largest absolute Gasteiger partial charge is 0.466 e. The van der Waals surface area contributed by atoms with E-state index in [4.69, 9.17) is 4.74 Å². The normalized spacial score (nSPS) is 19.8. The van der Waals surface area contributed by atoms with Crippen molar-refractivity contribution in [2.45, 2.75) is 39.0 Å². The quantitative estimate of drug-likeness (QED) is 0.495. The summed E-state index contributed by atoms with van der Waals surface area (Å²) in [7, 11) is 1.42. The maximum Gasteiger partial charge on any atom is 0.333 e. The molecule has 1 fully saturated rings. The summed E-state index contributed by atoms with van der Waals surface area (Å²) in [6, 6.07) is 0. The predicted molar refractivity (Wildman–Crippen MR) is 52.3 cm³/mol. The van der Waals surface area contributed by atoms with Gasteiger partial charge in [0, 0.05) is 11.0 Å². The summed E-state index contributed by atoms with van der Waals surface area (Å²) in [5.41, 5.74) is 0.725. The highest BCUT2D eigenvalue weighted by Crippen LogP contribution is 2.46. The highest BCUT2D eigenvalue weighted by atomic mass is 16.5. The van der Waals surface area contributed by atoms with Crippen molar-refractivity contribution in [3.8, 4) is 0 Å². The molecule has 0 unspecified atom stereocenters. The molecule has 0 aromatic heterocycles. The average molecular weight is 182 g/mol. The lowest BCUT2D eigenvalue weighted by Gasteiger charge is -2.28. The van der Waals surface area contributed by atoms with Crippen molar-refractivity contribution in [3.63, 3.8) is 0 Å². The van der Waals surface area contributed by atoms with Crippen LogP contribution < -0.4 is 0 Å². The van der Waals surface area contributed by atoms with Crippen LogP contribution in [0.4, 0.5) is 0 Å². The van der Waals surface area contributed by atoms with E-state index < -0.39 is 0 Å². The van der Waals surface area contributed by atoms with E-state index >= 15 is 0 Å². The van der Waals surface area contributed by atoms with E-state index in [1.54, 1.807) is 0 Å². The summed E-state index contributed by atoms with van der Waals surface area (Å²) >= 11 is 0. The van der Waals surface area contributed by atoms with Crippen LogP contribution in [0.3, 0.4) is 0 Å². The molecule has 0 saturated heterocycles. The third-order valence-electron chi connectivity index (χ3n) is 3.31. The molecule has 0 spiro atoms. The molecule has 1 aliphatic carbocycles. The summed E-state index contributed by atoms with van der Waals surface area (Å²) in [5, 5.41) is 0. The van der Waals surface area contributed by atoms with E-state index in [1.807, 2.05) is 0 Å². The Bertz CT molecular complexity index is 212. The molecule has 0 heterocycles. The zero-order valence-electron chi connectivity index (χ0n) is 8.56. The molecule has 0 aromatic carbocycles. The fourth-order valence-electron chi connectivity index (χ4n) is 2.26. The molecule has 0 N–H and O–H groups in total. The van der Waals surface area contributed by atoms with Crippen LogP contribution in [-0.2, 0) is 9.53 Å². The van der Waals surface area contributed by atoms with Crippen molar-refractivity contribution in [2.24, 2.45) is 5.41 Å². The molecule has 1 aliphatic rings. The van der Waals surface area contributed by atoms with Crippen LogP contribution >= 0.6 is 0 Å². The van der Waals surface area contributed by atoms with Gasteiger partial charge in [-0.3, -0.25) is 0 Å². The van der Waals surface area contributed by atoms with E-state index in [9.17, 15) is 4.79 Å². The van der Waals surface area contributed by atoms with Gasteiger partial charge >= 0.3 is 5.97 Å². The molecule has 0 atom stereocenters. The summed E-state index contributed by atoms with van der Waals surface area (Å²) in [6.07, 6.45) is 5.61. The minimum atomic E-state index is -0.233. The van der Waals surface area contributed by atoms with Crippen molar-refractivity contribution in [3.05, 3.63) is 12.2 Å². The molecule has 0 bridgehead atoms. The molecule has 2 heteroatoms. The van der Waals surface area contributed by atoms with Crippen LogP contribution in [0.25, 0.3) is 0 Å². The Morgan fingerprint density at radius 3 is 2.38 bits per heavy atom. The maximum atomic E-state index is 11.3. The molecule has 0 aliphatic heterocycles. The van der Waals surface area contributed by atoms with E-state index in [0.717, 1.165) is 19.3 Å². The van der Waals surface area contributed by atoms with E-state index in [-0.39, 0.29) is 11.4 Å². The topological polar surface area (TPSA) is 26.3 Å². The van der Waals surface area contributed by atoms with E-state index in [2.05, 4.69) is 13.5 Å². The van der Waals surface area contributed by atoms with Gasteiger partial charge in [0.05, 0.1) is 7.11 Å². The second-order valence-electron chi connectivity index (χ2n) is 3.81.